The van der Waals surface area contributed by atoms with Gasteiger partial charge >= 0.3 is 0 Å². The van der Waals surface area contributed by atoms with Crippen LogP contribution in [-0.4, -0.2) is 19.7 Å². The van der Waals surface area contributed by atoms with Gasteiger partial charge in [-0.1, -0.05) is 30.0 Å². The fraction of sp³-hybridized carbons (Fsp3) is 0.0556. The highest BCUT2D eigenvalue weighted by Gasteiger charge is 2.11. The number of benzene rings is 2. The van der Waals surface area contributed by atoms with E-state index in [2.05, 4.69) is 15.1 Å². The maximum Gasteiger partial charge on any atom is 0.226 e. The molecule has 0 fully saturated rings. The van der Waals surface area contributed by atoms with Crippen LogP contribution in [0.25, 0.3) is 17.1 Å². The van der Waals surface area contributed by atoms with Gasteiger partial charge in [0.25, 0.3) is 0 Å². The lowest BCUT2D eigenvalue weighted by atomic mass is 10.2. The molecule has 2 aromatic heterocycles. The molecule has 2 aromatic carbocycles. The summed E-state index contributed by atoms with van der Waals surface area (Å²) in [5, 5.41) is 5.00. The van der Waals surface area contributed by atoms with Gasteiger partial charge in [0.05, 0.1) is 11.4 Å². The predicted octanol–water partition coefficient (Wildman–Crippen LogP) is 4.49. The fourth-order valence-electron chi connectivity index (χ4n) is 2.29. The molecule has 0 saturated carbocycles. The Balaban J connectivity index is 1.44. The Bertz CT molecular complexity index is 1030. The molecule has 0 radical (unpaired) electrons. The van der Waals surface area contributed by atoms with Crippen molar-refractivity contribution < 1.29 is 13.2 Å². The van der Waals surface area contributed by atoms with E-state index in [1.165, 1.54) is 24.1 Å². The minimum Gasteiger partial charge on any atom is -0.444 e. The van der Waals surface area contributed by atoms with Crippen molar-refractivity contribution in [2.75, 3.05) is 0 Å². The second kappa shape index (κ2) is 7.09. The molecule has 0 aliphatic carbocycles. The van der Waals surface area contributed by atoms with Crippen LogP contribution < -0.4 is 0 Å². The van der Waals surface area contributed by atoms with E-state index in [9.17, 15) is 8.78 Å². The van der Waals surface area contributed by atoms with E-state index in [0.29, 0.717) is 22.2 Å². The maximum absolute atomic E-state index is 13.3. The summed E-state index contributed by atoms with van der Waals surface area (Å²) in [5.74, 6) is -1.11. The Hall–Kier alpha value is -3.00. The summed E-state index contributed by atoms with van der Waals surface area (Å²) in [5.41, 5.74) is 1.96. The number of rotatable bonds is 5. The van der Waals surface area contributed by atoms with Crippen molar-refractivity contribution in [1.82, 2.24) is 19.7 Å². The monoisotopic (exact) mass is 370 g/mol. The third-order valence-corrected chi connectivity index (χ3v) is 4.44. The molecule has 0 bridgehead atoms. The van der Waals surface area contributed by atoms with E-state index in [0.717, 1.165) is 17.8 Å². The van der Waals surface area contributed by atoms with Crippen LogP contribution in [0.3, 0.4) is 0 Å². The summed E-state index contributed by atoms with van der Waals surface area (Å²) in [6.07, 6.45) is 3.13. The molecular weight excluding hydrogens is 358 g/mol. The van der Waals surface area contributed by atoms with Crippen LogP contribution in [-0.2, 0) is 5.75 Å². The van der Waals surface area contributed by atoms with Crippen molar-refractivity contribution in [2.45, 2.75) is 10.9 Å². The molecule has 0 aliphatic heterocycles. The van der Waals surface area contributed by atoms with Crippen molar-refractivity contribution in [3.05, 3.63) is 78.4 Å². The van der Waals surface area contributed by atoms with Gasteiger partial charge < -0.3 is 4.42 Å². The summed E-state index contributed by atoms with van der Waals surface area (Å²) in [6, 6.07) is 13.2. The Kier molecular flexibility index (Phi) is 4.49. The Morgan fingerprint density at radius 1 is 1.04 bits per heavy atom. The average molecular weight is 370 g/mol. The fourth-order valence-corrected chi connectivity index (χ4v) is 2.97. The number of halogens is 2. The second-order valence-electron chi connectivity index (χ2n) is 5.37. The van der Waals surface area contributed by atoms with Gasteiger partial charge in [0.1, 0.15) is 12.6 Å². The first-order valence-electron chi connectivity index (χ1n) is 7.69. The zero-order chi connectivity index (χ0) is 17.9. The summed E-state index contributed by atoms with van der Waals surface area (Å²) in [6.45, 7) is 0. The largest absolute Gasteiger partial charge is 0.444 e. The van der Waals surface area contributed by atoms with Crippen molar-refractivity contribution in [3.63, 3.8) is 0 Å². The van der Waals surface area contributed by atoms with Crippen molar-refractivity contribution >= 4 is 11.8 Å². The van der Waals surface area contributed by atoms with E-state index in [1.54, 1.807) is 11.0 Å². The van der Waals surface area contributed by atoms with Crippen LogP contribution >= 0.6 is 11.8 Å². The molecule has 0 N–H and O–H groups in total. The molecule has 0 spiro atoms. The summed E-state index contributed by atoms with van der Waals surface area (Å²) in [4.78, 5) is 8.55. The molecule has 0 amide bonds. The summed E-state index contributed by atoms with van der Waals surface area (Å²) >= 11 is 1.40. The van der Waals surface area contributed by atoms with Crippen LogP contribution in [0.4, 0.5) is 8.78 Å². The lowest BCUT2D eigenvalue weighted by Gasteiger charge is -1.98. The molecule has 8 heteroatoms. The van der Waals surface area contributed by atoms with E-state index < -0.39 is 11.6 Å². The van der Waals surface area contributed by atoms with Crippen LogP contribution in [0.15, 0.2) is 70.7 Å². The summed E-state index contributed by atoms with van der Waals surface area (Å²) < 4.78 is 33.4. The standard InChI is InChI=1S/C18H12F2N4OS/c19-15-7-6-12(8-16(15)20)17-22-13(9-25-17)10-26-18-21-11-24(23-18)14-4-2-1-3-5-14/h1-9,11H,10H2. The molecule has 0 aliphatic rings. The third-order valence-electron chi connectivity index (χ3n) is 3.56. The molecule has 5 nitrogen and oxygen atoms in total. The second-order valence-corrected chi connectivity index (χ2v) is 6.31. The van der Waals surface area contributed by atoms with Gasteiger partial charge in [-0.15, -0.1) is 5.10 Å². The van der Waals surface area contributed by atoms with Gasteiger partial charge in [-0.25, -0.2) is 23.4 Å². The predicted molar refractivity (Wildman–Crippen MR) is 92.8 cm³/mol. The third kappa shape index (κ3) is 3.50. The number of hydrogen-bond acceptors (Lipinski definition) is 5. The van der Waals surface area contributed by atoms with Gasteiger partial charge in [-0.3, -0.25) is 0 Å². The highest BCUT2D eigenvalue weighted by atomic mass is 32.2. The van der Waals surface area contributed by atoms with E-state index in [1.807, 2.05) is 30.3 Å². The number of oxazole rings is 1. The topological polar surface area (TPSA) is 56.7 Å². The maximum atomic E-state index is 13.3. The van der Waals surface area contributed by atoms with E-state index in [4.69, 9.17) is 4.42 Å². The lowest BCUT2D eigenvalue weighted by Crippen LogP contribution is -1.93. The minimum atomic E-state index is -0.938. The van der Waals surface area contributed by atoms with Gasteiger partial charge in [0.15, 0.2) is 11.6 Å². The Morgan fingerprint density at radius 2 is 1.88 bits per heavy atom. The lowest BCUT2D eigenvalue weighted by molar-refractivity contribution is 0.507. The van der Waals surface area contributed by atoms with Crippen LogP contribution in [0.2, 0.25) is 0 Å². The van der Waals surface area contributed by atoms with Gasteiger partial charge in [-0.2, -0.15) is 0 Å². The van der Waals surface area contributed by atoms with Crippen molar-refractivity contribution in [2.24, 2.45) is 0 Å². The normalized spacial score (nSPS) is 11.0. The highest BCUT2D eigenvalue weighted by molar-refractivity contribution is 7.98. The molecular formula is C18H12F2N4OS. The zero-order valence-corrected chi connectivity index (χ0v) is 14.2. The number of aromatic nitrogens is 4. The molecule has 2 heterocycles. The molecule has 0 atom stereocenters. The molecule has 4 aromatic rings. The van der Waals surface area contributed by atoms with E-state index in [-0.39, 0.29) is 5.89 Å². The molecule has 130 valence electrons. The van der Waals surface area contributed by atoms with Crippen LogP contribution in [0.5, 0.6) is 0 Å². The molecule has 0 unspecified atom stereocenters. The number of hydrogen-bond donors (Lipinski definition) is 0. The zero-order valence-electron chi connectivity index (χ0n) is 13.3. The first-order valence-corrected chi connectivity index (χ1v) is 8.67. The minimum absolute atomic E-state index is 0.238. The Morgan fingerprint density at radius 3 is 2.69 bits per heavy atom. The number of thioether (sulfide) groups is 1. The molecule has 4 rings (SSSR count). The highest BCUT2D eigenvalue weighted by Crippen LogP contribution is 2.24. The smallest absolute Gasteiger partial charge is 0.226 e. The average Bonchev–Trinajstić information content (AvgIpc) is 3.32. The van der Waals surface area contributed by atoms with Crippen molar-refractivity contribution in [1.29, 1.82) is 0 Å². The number of para-hydroxylation sites is 1. The van der Waals surface area contributed by atoms with Gasteiger partial charge in [0, 0.05) is 11.3 Å². The first-order chi connectivity index (χ1) is 12.7. The first kappa shape index (κ1) is 16.5. The van der Waals surface area contributed by atoms with Crippen molar-refractivity contribution in [3.8, 4) is 17.1 Å². The van der Waals surface area contributed by atoms with Gasteiger partial charge in [-0.05, 0) is 30.3 Å². The van der Waals surface area contributed by atoms with Crippen LogP contribution in [0.1, 0.15) is 5.69 Å². The quantitative estimate of drug-likeness (QED) is 0.485. The molecule has 0 saturated heterocycles. The number of nitrogens with zero attached hydrogens (tertiary/aromatic N) is 4. The van der Waals surface area contributed by atoms with Gasteiger partial charge in [0.2, 0.25) is 11.0 Å². The van der Waals surface area contributed by atoms with E-state index >= 15 is 0 Å². The Labute approximate surface area is 151 Å². The SMILES string of the molecule is Fc1ccc(-c2nc(CSc3ncn(-c4ccccc4)n3)co2)cc1F. The van der Waals surface area contributed by atoms with Crippen LogP contribution in [0, 0.1) is 11.6 Å². The molecule has 26 heavy (non-hydrogen) atoms. The summed E-state index contributed by atoms with van der Waals surface area (Å²) in [7, 11) is 0.